The van der Waals surface area contributed by atoms with Gasteiger partial charge in [0.15, 0.2) is 11.5 Å². The third-order valence-corrected chi connectivity index (χ3v) is 8.32. The second kappa shape index (κ2) is 10.8. The molecule has 1 atom stereocenters. The quantitative estimate of drug-likeness (QED) is 0.412. The van der Waals surface area contributed by atoms with Crippen molar-refractivity contribution in [2.45, 2.75) is 62.9 Å². The summed E-state index contributed by atoms with van der Waals surface area (Å²) < 4.78 is 5.74. The molecule has 1 aliphatic heterocycles. The maximum Gasteiger partial charge on any atom is 0.287 e. The average Bonchev–Trinajstić information content (AvgIpc) is 3.73. The van der Waals surface area contributed by atoms with Crippen molar-refractivity contribution in [2.24, 2.45) is 5.92 Å². The first kappa shape index (κ1) is 26.1. The number of amides is 3. The number of furan rings is 1. The van der Waals surface area contributed by atoms with Gasteiger partial charge in [0.05, 0.1) is 24.0 Å². The van der Waals surface area contributed by atoms with E-state index in [-0.39, 0.29) is 35.8 Å². The zero-order valence-electron chi connectivity index (χ0n) is 22.4. The third-order valence-electron chi connectivity index (χ3n) is 8.32. The Hall–Kier alpha value is -4.14. The van der Waals surface area contributed by atoms with Crippen molar-refractivity contribution in [3.05, 3.63) is 60.4 Å². The first-order chi connectivity index (χ1) is 19.4. The lowest BCUT2D eigenvalue weighted by atomic mass is 9.80. The normalized spacial score (nSPS) is 20.6. The van der Waals surface area contributed by atoms with Crippen LogP contribution in [0.1, 0.15) is 61.9 Å². The van der Waals surface area contributed by atoms with Crippen molar-refractivity contribution in [3.63, 3.8) is 0 Å². The molecular weight excluding hydrogens is 508 g/mol. The zero-order chi connectivity index (χ0) is 27.7. The van der Waals surface area contributed by atoms with E-state index in [1.807, 2.05) is 47.4 Å². The Labute approximate surface area is 232 Å². The van der Waals surface area contributed by atoms with Crippen LogP contribution in [-0.2, 0) is 14.4 Å². The first-order valence-electron chi connectivity index (χ1n) is 14.2. The van der Waals surface area contributed by atoms with Crippen molar-refractivity contribution >= 4 is 45.8 Å². The summed E-state index contributed by atoms with van der Waals surface area (Å²) in [6.45, 7) is 0.672. The highest BCUT2D eigenvalue weighted by atomic mass is 16.3. The molecule has 0 bridgehead atoms. The zero-order valence-corrected chi connectivity index (χ0v) is 22.4. The van der Waals surface area contributed by atoms with Gasteiger partial charge in [-0.1, -0.05) is 49.6 Å². The number of rotatable bonds is 7. The molecule has 3 aromatic rings. The fraction of sp³-hybridized carbons (Fsp3) is 0.419. The number of fused-ring (bicyclic) bond motifs is 1. The van der Waals surface area contributed by atoms with Gasteiger partial charge in [-0.3, -0.25) is 19.2 Å². The maximum absolute atomic E-state index is 13.7. The van der Waals surface area contributed by atoms with Crippen LogP contribution in [-0.4, -0.2) is 48.2 Å². The molecule has 6 rings (SSSR count). The van der Waals surface area contributed by atoms with Gasteiger partial charge in [-0.2, -0.15) is 0 Å². The van der Waals surface area contributed by atoms with Crippen molar-refractivity contribution in [1.29, 1.82) is 0 Å². The number of benzene rings is 2. The molecule has 9 heteroatoms. The monoisotopic (exact) mass is 542 g/mol. The number of ketones is 1. The Kier molecular flexibility index (Phi) is 7.04. The number of anilines is 2. The van der Waals surface area contributed by atoms with Crippen LogP contribution in [0.3, 0.4) is 0 Å². The third kappa shape index (κ3) is 5.33. The topological polar surface area (TPSA) is 121 Å². The van der Waals surface area contributed by atoms with Crippen molar-refractivity contribution < 1.29 is 23.6 Å². The number of nitrogens with zero attached hydrogens (tertiary/aromatic N) is 1. The minimum Gasteiger partial charge on any atom is -0.451 e. The molecule has 1 unspecified atom stereocenters. The summed E-state index contributed by atoms with van der Waals surface area (Å²) in [7, 11) is 0. The van der Waals surface area contributed by atoms with Crippen LogP contribution in [0.15, 0.2) is 59.0 Å². The summed E-state index contributed by atoms with van der Waals surface area (Å²) in [4.78, 5) is 54.5. The SMILES string of the molecule is O=C(NC1(C(=O)NC2CCN(c3ccccc3NC(=O)C3CC3)CC2=O)CCCCC1)c1cc2ccccc2o1. The summed E-state index contributed by atoms with van der Waals surface area (Å²) in [6.07, 6.45) is 5.88. The predicted molar refractivity (Wildman–Crippen MR) is 151 cm³/mol. The van der Waals surface area contributed by atoms with Crippen molar-refractivity contribution in [2.75, 3.05) is 23.3 Å². The van der Waals surface area contributed by atoms with E-state index in [1.165, 1.54) is 0 Å². The fourth-order valence-corrected chi connectivity index (χ4v) is 5.85. The second-order valence-corrected chi connectivity index (χ2v) is 11.2. The molecule has 1 aromatic heterocycles. The predicted octanol–water partition coefficient (Wildman–Crippen LogP) is 4.18. The lowest BCUT2D eigenvalue weighted by Crippen LogP contribution is -2.63. The van der Waals surface area contributed by atoms with Crippen LogP contribution >= 0.6 is 0 Å². The van der Waals surface area contributed by atoms with E-state index in [2.05, 4.69) is 16.0 Å². The molecular formula is C31H34N4O5. The smallest absolute Gasteiger partial charge is 0.287 e. The number of piperidine rings is 1. The molecule has 3 amide bonds. The molecule has 1 saturated heterocycles. The van der Waals surface area contributed by atoms with Gasteiger partial charge in [0.2, 0.25) is 11.8 Å². The standard InChI is InChI=1S/C31H34N4O5/c36-25-19-35(24-10-4-3-9-22(24)32-28(37)20-12-13-20)17-14-23(25)33-30(39)31(15-6-1-7-16-31)34-29(38)27-18-21-8-2-5-11-26(21)40-27/h2-5,8-11,18,20,23H,1,6-7,12-17,19H2,(H,32,37)(H,33,39)(H,34,38). The molecule has 2 heterocycles. The maximum atomic E-state index is 13.7. The van der Waals surface area contributed by atoms with Crippen molar-refractivity contribution in [3.8, 4) is 0 Å². The van der Waals surface area contributed by atoms with E-state index in [4.69, 9.17) is 4.42 Å². The van der Waals surface area contributed by atoms with E-state index in [9.17, 15) is 19.2 Å². The molecule has 208 valence electrons. The van der Waals surface area contributed by atoms with Gasteiger partial charge in [0.25, 0.3) is 5.91 Å². The molecule has 40 heavy (non-hydrogen) atoms. The highest BCUT2D eigenvalue weighted by Crippen LogP contribution is 2.34. The van der Waals surface area contributed by atoms with Gasteiger partial charge in [-0.05, 0) is 56.4 Å². The van der Waals surface area contributed by atoms with Crippen LogP contribution in [0.5, 0.6) is 0 Å². The van der Waals surface area contributed by atoms with E-state index in [0.717, 1.165) is 43.2 Å². The molecule has 3 N–H and O–H groups in total. The number of nitrogens with one attached hydrogen (secondary N) is 3. The van der Waals surface area contributed by atoms with Crippen LogP contribution in [0.2, 0.25) is 0 Å². The van der Waals surface area contributed by atoms with Gasteiger partial charge in [0, 0.05) is 17.8 Å². The molecule has 2 saturated carbocycles. The number of para-hydroxylation sites is 3. The molecule has 2 aliphatic carbocycles. The van der Waals surface area contributed by atoms with Crippen LogP contribution in [0.25, 0.3) is 11.0 Å². The number of carbonyl (C=O) groups is 4. The molecule has 2 aromatic carbocycles. The summed E-state index contributed by atoms with van der Waals surface area (Å²) in [5, 5.41) is 9.78. The summed E-state index contributed by atoms with van der Waals surface area (Å²) in [5.41, 5.74) is 1.02. The second-order valence-electron chi connectivity index (χ2n) is 11.2. The lowest BCUT2D eigenvalue weighted by Gasteiger charge is -2.39. The Morgan fingerprint density at radius 2 is 1.68 bits per heavy atom. The number of hydrogen-bond donors (Lipinski definition) is 3. The minimum atomic E-state index is -1.09. The van der Waals surface area contributed by atoms with Gasteiger partial charge in [-0.25, -0.2) is 0 Å². The van der Waals surface area contributed by atoms with Crippen LogP contribution < -0.4 is 20.9 Å². The van der Waals surface area contributed by atoms with E-state index < -0.39 is 17.5 Å². The van der Waals surface area contributed by atoms with Crippen LogP contribution in [0, 0.1) is 5.92 Å². The summed E-state index contributed by atoms with van der Waals surface area (Å²) in [5.74, 6) is -0.591. The lowest BCUT2D eigenvalue weighted by molar-refractivity contribution is -0.133. The Bertz CT molecular complexity index is 1420. The molecule has 3 fully saturated rings. The number of hydrogen-bond acceptors (Lipinski definition) is 6. The first-order valence-corrected chi connectivity index (χ1v) is 14.2. The molecule has 0 radical (unpaired) electrons. The average molecular weight is 543 g/mol. The van der Waals surface area contributed by atoms with Crippen LogP contribution in [0.4, 0.5) is 11.4 Å². The summed E-state index contributed by atoms with van der Waals surface area (Å²) in [6, 6.07) is 15.9. The van der Waals surface area contributed by atoms with Gasteiger partial charge in [0.1, 0.15) is 11.1 Å². The van der Waals surface area contributed by atoms with Gasteiger partial charge in [-0.15, -0.1) is 0 Å². The highest BCUT2D eigenvalue weighted by Gasteiger charge is 2.43. The largest absolute Gasteiger partial charge is 0.451 e. The van der Waals surface area contributed by atoms with Gasteiger partial charge >= 0.3 is 0 Å². The number of Topliss-reactive ketones (excluding diaryl/α,β-unsaturated/α-hetero) is 1. The Balaban J connectivity index is 1.13. The highest BCUT2D eigenvalue weighted by molar-refractivity contribution is 6.02. The summed E-state index contributed by atoms with van der Waals surface area (Å²) >= 11 is 0. The van der Waals surface area contributed by atoms with Gasteiger partial charge < -0.3 is 25.3 Å². The van der Waals surface area contributed by atoms with Crippen molar-refractivity contribution in [1.82, 2.24) is 10.6 Å². The fourth-order valence-electron chi connectivity index (χ4n) is 5.85. The Morgan fingerprint density at radius 3 is 2.42 bits per heavy atom. The van der Waals surface area contributed by atoms with E-state index in [0.29, 0.717) is 37.1 Å². The van der Waals surface area contributed by atoms with E-state index in [1.54, 1.807) is 12.1 Å². The molecule has 3 aliphatic rings. The minimum absolute atomic E-state index is 0.0170. The Morgan fingerprint density at radius 1 is 0.925 bits per heavy atom. The number of carbonyl (C=O) groups excluding carboxylic acids is 4. The van der Waals surface area contributed by atoms with E-state index >= 15 is 0 Å². The molecule has 0 spiro atoms. The molecule has 9 nitrogen and oxygen atoms in total.